The molecule has 2 aromatic heterocycles. The Morgan fingerprint density at radius 1 is 0.821 bits per heavy atom. The van der Waals surface area contributed by atoms with Gasteiger partial charge in [-0.05, 0) is 59.3 Å². The molecule has 0 spiro atoms. The van der Waals surface area contributed by atoms with Crippen molar-refractivity contribution in [3.8, 4) is 0 Å². The van der Waals surface area contributed by atoms with E-state index in [1.165, 1.54) is 12.1 Å². The topological polar surface area (TPSA) is 37.8 Å². The Kier molecular flexibility index (Phi) is 4.69. The zero-order valence-electron chi connectivity index (χ0n) is 14.7. The molecule has 0 aliphatic rings. The summed E-state index contributed by atoms with van der Waals surface area (Å²) in [6.07, 6.45) is 1.68. The predicted molar refractivity (Wildman–Crippen MR) is 104 cm³/mol. The molecule has 0 bridgehead atoms. The molecule has 140 valence electrons. The van der Waals surface area contributed by atoms with E-state index in [0.717, 1.165) is 40.5 Å². The fraction of sp³-hybridized carbons (Fsp3) is 0.0909. The zero-order chi connectivity index (χ0) is 19.6. The van der Waals surface area contributed by atoms with Crippen molar-refractivity contribution in [3.05, 3.63) is 95.9 Å². The average Bonchev–Trinajstić information content (AvgIpc) is 2.70. The van der Waals surface area contributed by atoms with E-state index in [-0.39, 0.29) is 0 Å². The molecule has 2 aromatic carbocycles. The Labute approximate surface area is 159 Å². The van der Waals surface area contributed by atoms with Crippen molar-refractivity contribution < 1.29 is 13.2 Å². The summed E-state index contributed by atoms with van der Waals surface area (Å²) in [6, 6.07) is 16.7. The molecule has 0 aliphatic carbocycles. The molecular weight excluding hydrogens is 363 g/mol. The molecule has 0 amide bonds. The van der Waals surface area contributed by atoms with Crippen molar-refractivity contribution in [2.24, 2.45) is 0 Å². The SMILES string of the molecule is FC(F)(F)c1ccc(Nc2ncc(Cc3ccncc3)c3ccccc23)cc1. The van der Waals surface area contributed by atoms with E-state index in [4.69, 9.17) is 0 Å². The first kappa shape index (κ1) is 18.0. The number of pyridine rings is 2. The van der Waals surface area contributed by atoms with Gasteiger partial charge in [0.1, 0.15) is 5.82 Å². The molecule has 4 rings (SSSR count). The van der Waals surface area contributed by atoms with Crippen molar-refractivity contribution >= 4 is 22.3 Å². The molecule has 2 heterocycles. The van der Waals surface area contributed by atoms with Crippen LogP contribution in [-0.2, 0) is 12.6 Å². The number of alkyl halides is 3. The minimum atomic E-state index is -4.35. The van der Waals surface area contributed by atoms with Gasteiger partial charge in [-0.2, -0.15) is 13.2 Å². The maximum absolute atomic E-state index is 12.7. The third kappa shape index (κ3) is 3.81. The highest BCUT2D eigenvalue weighted by molar-refractivity contribution is 5.95. The van der Waals surface area contributed by atoms with E-state index in [1.807, 2.05) is 36.4 Å². The summed E-state index contributed by atoms with van der Waals surface area (Å²) in [4.78, 5) is 8.56. The van der Waals surface area contributed by atoms with Gasteiger partial charge in [-0.1, -0.05) is 24.3 Å². The van der Waals surface area contributed by atoms with E-state index in [1.54, 1.807) is 18.6 Å². The second kappa shape index (κ2) is 7.31. The molecule has 0 atom stereocenters. The molecule has 3 nitrogen and oxygen atoms in total. The largest absolute Gasteiger partial charge is 0.416 e. The minimum Gasteiger partial charge on any atom is -0.340 e. The summed E-state index contributed by atoms with van der Waals surface area (Å²) in [7, 11) is 0. The molecule has 6 heteroatoms. The van der Waals surface area contributed by atoms with Gasteiger partial charge in [0.2, 0.25) is 0 Å². The summed E-state index contributed by atoms with van der Waals surface area (Å²) >= 11 is 0. The molecule has 4 aromatic rings. The lowest BCUT2D eigenvalue weighted by molar-refractivity contribution is -0.137. The lowest BCUT2D eigenvalue weighted by atomic mass is 10.0. The Hall–Kier alpha value is -3.41. The Morgan fingerprint density at radius 2 is 1.50 bits per heavy atom. The molecule has 0 fully saturated rings. The number of rotatable bonds is 4. The second-order valence-electron chi connectivity index (χ2n) is 6.41. The van der Waals surface area contributed by atoms with Gasteiger partial charge in [0.15, 0.2) is 0 Å². The van der Waals surface area contributed by atoms with Crippen LogP contribution in [0.25, 0.3) is 10.8 Å². The highest BCUT2D eigenvalue weighted by Gasteiger charge is 2.29. The van der Waals surface area contributed by atoms with Gasteiger partial charge >= 0.3 is 6.18 Å². The van der Waals surface area contributed by atoms with Crippen LogP contribution in [0.15, 0.2) is 79.3 Å². The van der Waals surface area contributed by atoms with Crippen molar-refractivity contribution in [2.75, 3.05) is 5.32 Å². The van der Waals surface area contributed by atoms with Crippen molar-refractivity contribution in [1.82, 2.24) is 9.97 Å². The van der Waals surface area contributed by atoms with Crippen molar-refractivity contribution in [1.29, 1.82) is 0 Å². The van der Waals surface area contributed by atoms with E-state index in [0.29, 0.717) is 11.5 Å². The van der Waals surface area contributed by atoms with Crippen LogP contribution in [-0.4, -0.2) is 9.97 Å². The van der Waals surface area contributed by atoms with Crippen LogP contribution in [0.4, 0.5) is 24.7 Å². The lowest BCUT2D eigenvalue weighted by Gasteiger charge is -2.13. The Morgan fingerprint density at radius 3 is 2.18 bits per heavy atom. The van der Waals surface area contributed by atoms with Crippen molar-refractivity contribution in [2.45, 2.75) is 12.6 Å². The first-order chi connectivity index (χ1) is 13.5. The van der Waals surface area contributed by atoms with E-state index in [9.17, 15) is 13.2 Å². The standard InChI is InChI=1S/C22H16F3N3/c23-22(24,25)17-5-7-18(8-6-17)28-21-20-4-2-1-3-19(20)16(14-27-21)13-15-9-11-26-12-10-15/h1-12,14H,13H2,(H,27,28). The number of nitrogens with one attached hydrogen (secondary N) is 1. The molecule has 28 heavy (non-hydrogen) atoms. The summed E-state index contributed by atoms with van der Waals surface area (Å²) in [6.45, 7) is 0. The van der Waals surface area contributed by atoms with Crippen molar-refractivity contribution in [3.63, 3.8) is 0 Å². The average molecular weight is 379 g/mol. The van der Waals surface area contributed by atoms with E-state index >= 15 is 0 Å². The monoisotopic (exact) mass is 379 g/mol. The molecule has 0 saturated carbocycles. The number of anilines is 2. The Balaban J connectivity index is 1.66. The third-order valence-electron chi connectivity index (χ3n) is 4.50. The quantitative estimate of drug-likeness (QED) is 0.474. The van der Waals surface area contributed by atoms with Gasteiger partial charge in [-0.25, -0.2) is 4.98 Å². The molecule has 0 unspecified atom stereocenters. The van der Waals surface area contributed by atoms with Crippen LogP contribution in [0.3, 0.4) is 0 Å². The van der Waals surface area contributed by atoms with Gasteiger partial charge < -0.3 is 5.32 Å². The van der Waals surface area contributed by atoms with Crippen LogP contribution in [0.1, 0.15) is 16.7 Å². The summed E-state index contributed by atoms with van der Waals surface area (Å²) < 4.78 is 38.2. The van der Waals surface area contributed by atoms with Crippen LogP contribution in [0, 0.1) is 0 Å². The van der Waals surface area contributed by atoms with Crippen LogP contribution in [0.5, 0.6) is 0 Å². The number of aromatic nitrogens is 2. The number of halogens is 3. The maximum atomic E-state index is 12.7. The molecule has 0 saturated heterocycles. The molecule has 0 aliphatic heterocycles. The van der Waals surface area contributed by atoms with Gasteiger partial charge in [0, 0.05) is 29.7 Å². The molecule has 0 radical (unpaired) electrons. The van der Waals surface area contributed by atoms with Gasteiger partial charge in [-0.15, -0.1) is 0 Å². The Bertz CT molecular complexity index is 1090. The van der Waals surface area contributed by atoms with Crippen LogP contribution >= 0.6 is 0 Å². The highest BCUT2D eigenvalue weighted by Crippen LogP contribution is 2.32. The number of hydrogen-bond acceptors (Lipinski definition) is 3. The fourth-order valence-electron chi connectivity index (χ4n) is 3.09. The van der Waals surface area contributed by atoms with Gasteiger partial charge in [-0.3, -0.25) is 4.98 Å². The van der Waals surface area contributed by atoms with E-state index in [2.05, 4.69) is 15.3 Å². The fourth-order valence-corrected chi connectivity index (χ4v) is 3.09. The first-order valence-electron chi connectivity index (χ1n) is 8.70. The van der Waals surface area contributed by atoms with Crippen LogP contribution in [0.2, 0.25) is 0 Å². The normalized spacial score (nSPS) is 11.5. The van der Waals surface area contributed by atoms with E-state index < -0.39 is 11.7 Å². The zero-order valence-corrected chi connectivity index (χ0v) is 14.7. The highest BCUT2D eigenvalue weighted by atomic mass is 19.4. The first-order valence-corrected chi connectivity index (χ1v) is 8.70. The smallest absolute Gasteiger partial charge is 0.340 e. The second-order valence-corrected chi connectivity index (χ2v) is 6.41. The van der Waals surface area contributed by atoms with Gasteiger partial charge in [0.05, 0.1) is 5.56 Å². The summed E-state index contributed by atoms with van der Waals surface area (Å²) in [5, 5.41) is 5.08. The number of hydrogen-bond donors (Lipinski definition) is 1. The maximum Gasteiger partial charge on any atom is 0.416 e. The summed E-state index contributed by atoms with van der Waals surface area (Å²) in [5.74, 6) is 0.605. The predicted octanol–water partition coefficient (Wildman–Crippen LogP) is 5.98. The lowest BCUT2D eigenvalue weighted by Crippen LogP contribution is -2.04. The number of fused-ring (bicyclic) bond motifs is 1. The third-order valence-corrected chi connectivity index (χ3v) is 4.50. The summed E-state index contributed by atoms with van der Waals surface area (Å²) in [5.41, 5.74) is 2.07. The van der Waals surface area contributed by atoms with Gasteiger partial charge in [0.25, 0.3) is 0 Å². The van der Waals surface area contributed by atoms with Crippen LogP contribution < -0.4 is 5.32 Å². The number of benzene rings is 2. The number of nitrogens with zero attached hydrogens (tertiary/aromatic N) is 2. The minimum absolute atomic E-state index is 0.549. The molecular formula is C22H16F3N3. The molecule has 1 N–H and O–H groups in total.